The van der Waals surface area contributed by atoms with E-state index >= 15 is 0 Å². The predicted octanol–water partition coefficient (Wildman–Crippen LogP) is 6.76. The molecule has 0 spiro atoms. The second kappa shape index (κ2) is 10.6. The minimum atomic E-state index is -6.08. The number of hydrogen-bond donors (Lipinski definition) is 1. The Morgan fingerprint density at radius 3 is 2.18 bits per heavy atom. The van der Waals surface area contributed by atoms with Crippen LogP contribution in [0.1, 0.15) is 46.2 Å². The highest BCUT2D eigenvalue weighted by Crippen LogP contribution is 2.52. The Morgan fingerprint density at radius 1 is 0.974 bits per heavy atom. The first-order valence-electron chi connectivity index (χ1n) is 11.3. The molecule has 0 amide bonds. The third-order valence-corrected chi connectivity index (χ3v) is 7.34. The van der Waals surface area contributed by atoms with Gasteiger partial charge in [-0.2, -0.15) is 35.1 Å². The molecule has 1 aliphatic rings. The van der Waals surface area contributed by atoms with E-state index < -0.39 is 35.5 Å². The molecule has 0 aliphatic heterocycles. The molecule has 1 saturated carbocycles. The highest BCUT2D eigenvalue weighted by Gasteiger charge is 2.73. The van der Waals surface area contributed by atoms with Crippen molar-refractivity contribution in [2.45, 2.75) is 62.3 Å². The third kappa shape index (κ3) is 5.70. The molecule has 0 bridgehead atoms. The van der Waals surface area contributed by atoms with Crippen molar-refractivity contribution in [3.8, 4) is 11.5 Å². The third-order valence-electron chi connectivity index (χ3n) is 6.12. The number of benzene rings is 1. The van der Waals surface area contributed by atoms with Crippen LogP contribution in [0, 0.1) is 0 Å². The fourth-order valence-electron chi connectivity index (χ4n) is 3.85. The van der Waals surface area contributed by atoms with Gasteiger partial charge in [0, 0.05) is 29.4 Å². The number of ether oxygens (including phenoxy) is 2. The lowest BCUT2D eigenvalue weighted by Gasteiger charge is -2.30. The molecule has 38 heavy (non-hydrogen) atoms. The van der Waals surface area contributed by atoms with Gasteiger partial charge < -0.3 is 14.6 Å². The van der Waals surface area contributed by atoms with Crippen LogP contribution in [-0.4, -0.2) is 40.1 Å². The van der Waals surface area contributed by atoms with E-state index in [1.165, 1.54) is 30.6 Å². The molecule has 4 rings (SSSR count). The smallest absolute Gasteiger partial charge is 0.433 e. The van der Waals surface area contributed by atoms with Crippen LogP contribution >= 0.6 is 11.3 Å². The Kier molecular flexibility index (Phi) is 7.84. The lowest BCUT2D eigenvalue weighted by Crippen LogP contribution is -2.53. The molecule has 1 fully saturated rings. The molecular weight excluding hydrogens is 548 g/mol. The second-order valence-electron chi connectivity index (χ2n) is 8.64. The number of halogens is 8. The number of alkyl halides is 8. The Morgan fingerprint density at radius 2 is 1.63 bits per heavy atom. The first-order chi connectivity index (χ1) is 17.8. The highest BCUT2D eigenvalue weighted by molar-refractivity contribution is 7.11. The Labute approximate surface area is 215 Å². The maximum atomic E-state index is 13.4. The zero-order chi connectivity index (χ0) is 27.7. The van der Waals surface area contributed by atoms with Gasteiger partial charge in [-0.05, 0) is 61.1 Å². The number of pyridine rings is 1. The summed E-state index contributed by atoms with van der Waals surface area (Å²) in [6.45, 7) is -3.15. The van der Waals surface area contributed by atoms with Crippen LogP contribution in [0.25, 0.3) is 0 Å². The number of nitrogens with zero attached hydrogens (tertiary/aromatic N) is 2. The molecule has 0 radical (unpaired) electrons. The summed E-state index contributed by atoms with van der Waals surface area (Å²) in [5.41, 5.74) is -4.19. The van der Waals surface area contributed by atoms with Crippen LogP contribution in [0.3, 0.4) is 0 Å². The Hall–Kier alpha value is -3.00. The number of aliphatic hydroxyl groups is 1. The van der Waals surface area contributed by atoms with Crippen molar-refractivity contribution in [1.29, 1.82) is 0 Å². The van der Waals surface area contributed by atoms with Crippen molar-refractivity contribution in [3.05, 3.63) is 69.9 Å². The number of thiazole rings is 1. The van der Waals surface area contributed by atoms with E-state index in [1.807, 2.05) is 0 Å². The normalized spacial score (nSPS) is 15.8. The zero-order valence-electron chi connectivity index (χ0n) is 19.3. The summed E-state index contributed by atoms with van der Waals surface area (Å²) in [5.74, 6) is -1.16. The fraction of sp³-hybridized carbons (Fsp3) is 0.417. The molecule has 2 heterocycles. The van der Waals surface area contributed by atoms with Gasteiger partial charge in [-0.15, -0.1) is 11.3 Å². The molecule has 3 aromatic rings. The van der Waals surface area contributed by atoms with Crippen molar-refractivity contribution in [3.63, 3.8) is 0 Å². The lowest BCUT2D eigenvalue weighted by atomic mass is 9.91. The average Bonchev–Trinajstić information content (AvgIpc) is 3.29. The van der Waals surface area contributed by atoms with Crippen LogP contribution in [0.4, 0.5) is 35.1 Å². The molecule has 14 heteroatoms. The molecule has 0 saturated heterocycles. The molecule has 5 nitrogen and oxygen atoms in total. The maximum absolute atomic E-state index is 13.4. The summed E-state index contributed by atoms with van der Waals surface area (Å²) in [6.07, 6.45) is -6.32. The van der Waals surface area contributed by atoms with Crippen LogP contribution in [0.2, 0.25) is 0 Å². The largest absolute Gasteiger partial charge is 0.487 e. The SMILES string of the molecule is OC(c1ncc(C(Cc2ccncc2)c2ccc(OC(F)F)c(OC3CCC3)c2)s1)(C(F)(F)F)C(F)(F)F. The van der Waals surface area contributed by atoms with Gasteiger partial charge in [-0.1, -0.05) is 6.07 Å². The van der Waals surface area contributed by atoms with Gasteiger partial charge in [-0.3, -0.25) is 4.98 Å². The topological polar surface area (TPSA) is 64.5 Å². The van der Waals surface area contributed by atoms with Crippen LogP contribution < -0.4 is 9.47 Å². The van der Waals surface area contributed by atoms with E-state index in [4.69, 9.17) is 4.74 Å². The predicted molar refractivity (Wildman–Crippen MR) is 119 cm³/mol. The zero-order valence-corrected chi connectivity index (χ0v) is 20.1. The molecule has 1 aromatic carbocycles. The summed E-state index contributed by atoms with van der Waals surface area (Å²) >= 11 is 0.0572. The van der Waals surface area contributed by atoms with Crippen molar-refractivity contribution in [1.82, 2.24) is 9.97 Å². The Balaban J connectivity index is 1.79. The molecule has 1 N–H and O–H groups in total. The van der Waals surface area contributed by atoms with Crippen LogP contribution in [0.15, 0.2) is 48.9 Å². The summed E-state index contributed by atoms with van der Waals surface area (Å²) in [5, 5.41) is 8.20. The van der Waals surface area contributed by atoms with E-state index in [9.17, 15) is 40.2 Å². The molecule has 1 aliphatic carbocycles. The van der Waals surface area contributed by atoms with E-state index in [2.05, 4.69) is 14.7 Å². The van der Waals surface area contributed by atoms with Gasteiger partial charge in [-0.25, -0.2) is 4.98 Å². The highest BCUT2D eigenvalue weighted by atomic mass is 32.1. The number of aromatic nitrogens is 2. The van der Waals surface area contributed by atoms with E-state index in [-0.39, 0.29) is 40.2 Å². The summed E-state index contributed by atoms with van der Waals surface area (Å²) < 4.78 is 117. The standard InChI is InChI=1S/C24H20F8N2O3S/c25-21(26)37-17-5-4-14(11-18(17)36-15-2-1-3-15)16(10-13-6-8-33-9-7-13)19-12-34-20(38-19)22(35,23(27,28)29)24(30,31)32/h4-9,11-12,15-16,21,35H,1-3,10H2. The molecule has 1 unspecified atom stereocenters. The first kappa shape index (κ1) is 28.0. The van der Waals surface area contributed by atoms with Gasteiger partial charge >= 0.3 is 24.6 Å². The molecule has 1 atom stereocenters. The van der Waals surface area contributed by atoms with Gasteiger partial charge in [0.2, 0.25) is 0 Å². The minimum absolute atomic E-state index is 0.0270. The molecule has 2 aromatic heterocycles. The van der Waals surface area contributed by atoms with E-state index in [1.54, 1.807) is 12.1 Å². The molecule has 206 valence electrons. The maximum Gasteiger partial charge on any atom is 0.433 e. The minimum Gasteiger partial charge on any atom is -0.487 e. The van der Waals surface area contributed by atoms with Gasteiger partial charge in [0.15, 0.2) is 11.5 Å². The second-order valence-corrected chi connectivity index (χ2v) is 9.70. The van der Waals surface area contributed by atoms with Gasteiger partial charge in [0.25, 0.3) is 0 Å². The lowest BCUT2D eigenvalue weighted by molar-refractivity contribution is -0.376. The van der Waals surface area contributed by atoms with Gasteiger partial charge in [0.1, 0.15) is 5.01 Å². The Bertz CT molecular complexity index is 1220. The monoisotopic (exact) mass is 568 g/mol. The average molecular weight is 568 g/mol. The van der Waals surface area contributed by atoms with Crippen molar-refractivity contribution in [2.24, 2.45) is 0 Å². The van der Waals surface area contributed by atoms with E-state index in [0.29, 0.717) is 24.0 Å². The first-order valence-corrected chi connectivity index (χ1v) is 12.1. The number of hydrogen-bond acceptors (Lipinski definition) is 6. The fourth-order valence-corrected chi connectivity index (χ4v) is 5.03. The van der Waals surface area contributed by atoms with Gasteiger partial charge in [0.05, 0.1) is 6.10 Å². The molecular formula is C24H20F8N2O3S. The summed E-state index contributed by atoms with van der Waals surface area (Å²) in [6, 6.07) is 7.17. The van der Waals surface area contributed by atoms with Crippen molar-refractivity contribution in [2.75, 3.05) is 0 Å². The van der Waals surface area contributed by atoms with Crippen LogP contribution in [-0.2, 0) is 12.0 Å². The summed E-state index contributed by atoms with van der Waals surface area (Å²) in [4.78, 5) is 7.18. The van der Waals surface area contributed by atoms with E-state index in [0.717, 1.165) is 12.6 Å². The van der Waals surface area contributed by atoms with Crippen molar-refractivity contribution < 1.29 is 49.7 Å². The van der Waals surface area contributed by atoms with Crippen molar-refractivity contribution >= 4 is 11.3 Å². The summed E-state index contributed by atoms with van der Waals surface area (Å²) in [7, 11) is 0. The number of rotatable bonds is 9. The van der Waals surface area contributed by atoms with Crippen LogP contribution in [0.5, 0.6) is 11.5 Å². The quantitative estimate of drug-likeness (QED) is 0.289.